The van der Waals surface area contributed by atoms with Crippen LogP contribution >= 0.6 is 0 Å². The standard InChI is InChI=1S/C30H48O/c1-19(2)20(3)8-9-21(4)23-12-14-28(7)26-11-10-24-22(5)25(31)13-15-29(24)18-30(26,29)17-16-27(23,28)6/h20-24,26H,1,8-18H2,2-7H3/t20-,21+,22-,23+,24-,26-,27+,28-,29+,30?/m0/s1. The van der Waals surface area contributed by atoms with Gasteiger partial charge in [-0.25, -0.2) is 0 Å². The van der Waals surface area contributed by atoms with Gasteiger partial charge in [-0.1, -0.05) is 46.8 Å². The van der Waals surface area contributed by atoms with Gasteiger partial charge in [-0.15, -0.1) is 0 Å². The molecule has 10 atom stereocenters. The number of fused-ring (bicyclic) bond motifs is 2. The number of allylic oxidation sites excluding steroid dienone is 1. The van der Waals surface area contributed by atoms with E-state index in [1.807, 2.05) is 0 Å². The van der Waals surface area contributed by atoms with Crippen molar-refractivity contribution in [2.75, 3.05) is 0 Å². The van der Waals surface area contributed by atoms with Crippen LogP contribution in [0.4, 0.5) is 0 Å². The SMILES string of the molecule is C=C(C)[C@@H](C)CC[C@@H](C)[C@H]1CC[C@@]2(C)[C@@H]3CC[C@H]4[C@H](C)C(=O)CC[C@@]45CC35CC[C@]12C. The fourth-order valence-electron chi connectivity index (χ4n) is 10.8. The van der Waals surface area contributed by atoms with Crippen LogP contribution in [0.1, 0.15) is 112 Å². The van der Waals surface area contributed by atoms with Crippen molar-refractivity contribution >= 4 is 5.78 Å². The normalized spacial score (nSPS) is 52.4. The summed E-state index contributed by atoms with van der Waals surface area (Å²) in [6.45, 7) is 19.0. The number of carbonyl (C=O) groups is 1. The number of ketones is 1. The first-order valence-corrected chi connectivity index (χ1v) is 13.7. The van der Waals surface area contributed by atoms with Gasteiger partial charge in [0.1, 0.15) is 5.78 Å². The zero-order valence-corrected chi connectivity index (χ0v) is 21.4. The first kappa shape index (κ1) is 22.2. The van der Waals surface area contributed by atoms with Gasteiger partial charge in [-0.05, 0) is 122 Å². The Morgan fingerprint density at radius 3 is 2.45 bits per heavy atom. The summed E-state index contributed by atoms with van der Waals surface area (Å²) < 4.78 is 0. The van der Waals surface area contributed by atoms with E-state index in [9.17, 15) is 4.79 Å². The predicted molar refractivity (Wildman–Crippen MR) is 130 cm³/mol. The molecule has 1 heteroatoms. The van der Waals surface area contributed by atoms with Crippen LogP contribution in [-0.4, -0.2) is 5.78 Å². The molecule has 0 N–H and O–H groups in total. The zero-order valence-electron chi connectivity index (χ0n) is 21.4. The van der Waals surface area contributed by atoms with Crippen LogP contribution in [0.15, 0.2) is 12.2 Å². The van der Waals surface area contributed by atoms with Gasteiger partial charge in [0, 0.05) is 12.3 Å². The molecule has 0 radical (unpaired) electrons. The zero-order chi connectivity index (χ0) is 22.4. The summed E-state index contributed by atoms with van der Waals surface area (Å²) in [5.41, 5.74) is 3.54. The quantitative estimate of drug-likeness (QED) is 0.406. The first-order valence-electron chi connectivity index (χ1n) is 13.7. The van der Waals surface area contributed by atoms with Gasteiger partial charge in [0.25, 0.3) is 0 Å². The minimum atomic E-state index is 0.335. The number of carbonyl (C=O) groups excluding carboxylic acids is 1. The Morgan fingerprint density at radius 2 is 1.74 bits per heavy atom. The van der Waals surface area contributed by atoms with Gasteiger partial charge in [0.2, 0.25) is 0 Å². The van der Waals surface area contributed by atoms with Crippen molar-refractivity contribution in [2.45, 2.75) is 112 Å². The number of hydrogen-bond acceptors (Lipinski definition) is 1. The molecule has 5 saturated carbocycles. The van der Waals surface area contributed by atoms with Crippen LogP contribution in [0, 0.1) is 57.2 Å². The Morgan fingerprint density at radius 1 is 1.00 bits per heavy atom. The number of rotatable bonds is 5. The second kappa shape index (κ2) is 6.96. The van der Waals surface area contributed by atoms with Crippen LogP contribution in [0.25, 0.3) is 0 Å². The van der Waals surface area contributed by atoms with Crippen molar-refractivity contribution in [1.82, 2.24) is 0 Å². The van der Waals surface area contributed by atoms with Crippen molar-refractivity contribution in [1.29, 1.82) is 0 Å². The molecule has 5 fully saturated rings. The third-order valence-corrected chi connectivity index (χ3v) is 13.1. The Bertz CT molecular complexity index is 781. The highest BCUT2D eigenvalue weighted by Gasteiger charge is 2.81. The molecule has 0 aliphatic heterocycles. The van der Waals surface area contributed by atoms with Gasteiger partial charge in [-0.3, -0.25) is 4.79 Å². The largest absolute Gasteiger partial charge is 0.299 e. The lowest BCUT2D eigenvalue weighted by Crippen LogP contribution is -2.55. The molecular weight excluding hydrogens is 376 g/mol. The second-order valence-electron chi connectivity index (χ2n) is 13.8. The summed E-state index contributed by atoms with van der Waals surface area (Å²) in [6, 6.07) is 0. The molecule has 0 amide bonds. The van der Waals surface area contributed by atoms with Gasteiger partial charge >= 0.3 is 0 Å². The van der Waals surface area contributed by atoms with Gasteiger partial charge < -0.3 is 0 Å². The van der Waals surface area contributed by atoms with E-state index in [1.54, 1.807) is 0 Å². The highest BCUT2D eigenvalue weighted by molar-refractivity contribution is 5.82. The highest BCUT2D eigenvalue weighted by Crippen LogP contribution is 2.88. The second-order valence-corrected chi connectivity index (χ2v) is 13.8. The Kier molecular flexibility index (Phi) is 4.99. The Hall–Kier alpha value is -0.590. The highest BCUT2D eigenvalue weighted by atomic mass is 16.1. The lowest BCUT2D eigenvalue weighted by Gasteiger charge is -2.61. The van der Waals surface area contributed by atoms with E-state index in [2.05, 4.69) is 48.1 Å². The lowest BCUT2D eigenvalue weighted by atomic mass is 9.43. The summed E-state index contributed by atoms with van der Waals surface area (Å²) in [4.78, 5) is 12.5. The van der Waals surface area contributed by atoms with E-state index in [1.165, 1.54) is 69.8 Å². The van der Waals surface area contributed by atoms with E-state index >= 15 is 0 Å². The van der Waals surface area contributed by atoms with E-state index in [4.69, 9.17) is 0 Å². The molecule has 0 saturated heterocycles. The van der Waals surface area contributed by atoms with E-state index < -0.39 is 0 Å². The smallest absolute Gasteiger partial charge is 0.136 e. The van der Waals surface area contributed by atoms with Crippen LogP contribution in [0.5, 0.6) is 0 Å². The van der Waals surface area contributed by atoms with Crippen molar-refractivity contribution in [2.24, 2.45) is 57.2 Å². The maximum Gasteiger partial charge on any atom is 0.136 e. The molecule has 5 rings (SSSR count). The number of hydrogen-bond donors (Lipinski definition) is 0. The minimum Gasteiger partial charge on any atom is -0.299 e. The van der Waals surface area contributed by atoms with E-state index in [0.717, 1.165) is 24.2 Å². The topological polar surface area (TPSA) is 17.1 Å². The molecule has 0 heterocycles. The lowest BCUT2D eigenvalue weighted by molar-refractivity contribution is -0.146. The summed E-state index contributed by atoms with van der Waals surface area (Å²) in [5.74, 6) is 4.92. The predicted octanol–water partition coefficient (Wildman–Crippen LogP) is 8.23. The molecule has 1 unspecified atom stereocenters. The third-order valence-electron chi connectivity index (χ3n) is 13.1. The average Bonchev–Trinajstić information content (AvgIpc) is 3.31. The van der Waals surface area contributed by atoms with Crippen molar-refractivity contribution in [3.8, 4) is 0 Å². The summed E-state index contributed by atoms with van der Waals surface area (Å²) in [7, 11) is 0. The van der Waals surface area contributed by atoms with Gasteiger partial charge in [-0.2, -0.15) is 0 Å². The third kappa shape index (κ3) is 2.70. The average molecular weight is 425 g/mol. The molecule has 0 aromatic rings. The molecule has 0 bridgehead atoms. The maximum absolute atomic E-state index is 12.5. The molecule has 0 aromatic heterocycles. The summed E-state index contributed by atoms with van der Waals surface area (Å²) in [5, 5.41) is 0. The molecule has 5 aliphatic rings. The fraction of sp³-hybridized carbons (Fsp3) is 0.900. The van der Waals surface area contributed by atoms with E-state index in [-0.39, 0.29) is 0 Å². The van der Waals surface area contributed by atoms with Crippen LogP contribution in [-0.2, 0) is 4.79 Å². The van der Waals surface area contributed by atoms with Crippen molar-refractivity contribution in [3.05, 3.63) is 12.2 Å². The molecule has 5 aliphatic carbocycles. The molecule has 0 aromatic carbocycles. The van der Waals surface area contributed by atoms with Crippen LogP contribution < -0.4 is 0 Å². The Labute approximate surface area is 192 Å². The van der Waals surface area contributed by atoms with Gasteiger partial charge in [0.05, 0.1) is 0 Å². The van der Waals surface area contributed by atoms with E-state index in [0.29, 0.717) is 45.2 Å². The van der Waals surface area contributed by atoms with Crippen LogP contribution in [0.2, 0.25) is 0 Å². The Balaban J connectivity index is 1.38. The first-order chi connectivity index (χ1) is 14.5. The minimum absolute atomic E-state index is 0.335. The van der Waals surface area contributed by atoms with Crippen molar-refractivity contribution < 1.29 is 4.79 Å². The van der Waals surface area contributed by atoms with Crippen molar-refractivity contribution in [3.63, 3.8) is 0 Å². The summed E-state index contributed by atoms with van der Waals surface area (Å²) >= 11 is 0. The molecule has 174 valence electrons. The van der Waals surface area contributed by atoms with Gasteiger partial charge in [0.15, 0.2) is 0 Å². The molecule has 31 heavy (non-hydrogen) atoms. The molecular formula is C30H48O. The molecule has 2 spiro atoms. The molecule has 1 nitrogen and oxygen atoms in total. The van der Waals surface area contributed by atoms with Crippen LogP contribution in [0.3, 0.4) is 0 Å². The monoisotopic (exact) mass is 424 g/mol. The fourth-order valence-corrected chi connectivity index (χ4v) is 10.8. The summed E-state index contributed by atoms with van der Waals surface area (Å²) in [6.07, 6.45) is 14.8. The number of Topliss-reactive ketones (excluding diaryl/α,β-unsaturated/α-hetero) is 1. The maximum atomic E-state index is 12.5.